The first-order valence-electron chi connectivity index (χ1n) is 6.66. The van der Waals surface area contributed by atoms with Gasteiger partial charge in [-0.25, -0.2) is 4.39 Å². The van der Waals surface area contributed by atoms with Gasteiger partial charge in [-0.2, -0.15) is 0 Å². The van der Waals surface area contributed by atoms with Crippen LogP contribution in [0.1, 0.15) is 18.4 Å². The highest BCUT2D eigenvalue weighted by Gasteiger charge is 2.21. The number of hydrogen-bond acceptors (Lipinski definition) is 2. The van der Waals surface area contributed by atoms with E-state index in [0.29, 0.717) is 6.04 Å². The van der Waals surface area contributed by atoms with E-state index < -0.39 is 0 Å². The molecule has 0 unspecified atom stereocenters. The van der Waals surface area contributed by atoms with Gasteiger partial charge in [0.25, 0.3) is 0 Å². The molecule has 0 amide bonds. The summed E-state index contributed by atoms with van der Waals surface area (Å²) >= 11 is 7.93. The molecule has 0 atom stereocenters. The van der Waals surface area contributed by atoms with Gasteiger partial charge in [0.05, 0.1) is 0 Å². The van der Waals surface area contributed by atoms with E-state index in [2.05, 4.69) is 11.4 Å². The lowest BCUT2D eigenvalue weighted by Crippen LogP contribution is -2.16. The molecule has 2 aromatic carbocycles. The molecular formula is C16H15ClFNS. The highest BCUT2D eigenvalue weighted by atomic mass is 35.5. The van der Waals surface area contributed by atoms with Gasteiger partial charge in [-0.05, 0) is 54.8 Å². The molecule has 1 nitrogen and oxygen atoms in total. The van der Waals surface area contributed by atoms with Crippen LogP contribution in [0.4, 0.5) is 4.39 Å². The Hall–Kier alpha value is -1.03. The fourth-order valence-corrected chi connectivity index (χ4v) is 3.24. The van der Waals surface area contributed by atoms with Crippen LogP contribution in [0.15, 0.2) is 52.3 Å². The molecular weight excluding hydrogens is 293 g/mol. The van der Waals surface area contributed by atoms with Crippen molar-refractivity contribution >= 4 is 23.4 Å². The maximum Gasteiger partial charge on any atom is 0.123 e. The summed E-state index contributed by atoms with van der Waals surface area (Å²) in [6.45, 7) is 0.786. The molecule has 0 radical (unpaired) electrons. The monoisotopic (exact) mass is 307 g/mol. The van der Waals surface area contributed by atoms with Gasteiger partial charge in [-0.1, -0.05) is 29.4 Å². The lowest BCUT2D eigenvalue weighted by molar-refractivity contribution is 0.626. The number of nitrogens with one attached hydrogen (secondary N) is 1. The van der Waals surface area contributed by atoms with Gasteiger partial charge in [-0.3, -0.25) is 0 Å². The zero-order valence-corrected chi connectivity index (χ0v) is 12.5. The first-order valence-corrected chi connectivity index (χ1v) is 7.86. The topological polar surface area (TPSA) is 12.0 Å². The lowest BCUT2D eigenvalue weighted by Gasteiger charge is -2.12. The summed E-state index contributed by atoms with van der Waals surface area (Å²) in [4.78, 5) is 2.14. The summed E-state index contributed by atoms with van der Waals surface area (Å²) in [5.41, 5.74) is 1.12. The van der Waals surface area contributed by atoms with Crippen LogP contribution >= 0.6 is 23.4 Å². The number of halogens is 2. The molecule has 0 aliphatic heterocycles. The van der Waals surface area contributed by atoms with Crippen molar-refractivity contribution in [1.82, 2.24) is 5.32 Å². The summed E-state index contributed by atoms with van der Waals surface area (Å²) in [6, 6.07) is 13.1. The smallest absolute Gasteiger partial charge is 0.123 e. The first kappa shape index (κ1) is 13.9. The fourth-order valence-electron chi connectivity index (χ4n) is 1.97. The normalized spacial score (nSPS) is 14.5. The summed E-state index contributed by atoms with van der Waals surface area (Å²) in [6.07, 6.45) is 2.51. The standard InChI is InChI=1S/C16H15ClFNS/c17-15-2-1-3-16(14(15)10-19-12-6-7-12)20-13-8-4-11(18)5-9-13/h1-5,8-9,12,19H,6-7,10H2. The summed E-state index contributed by atoms with van der Waals surface area (Å²) in [5, 5.41) is 4.27. The van der Waals surface area contributed by atoms with Crippen LogP contribution in [0.3, 0.4) is 0 Å². The first-order chi connectivity index (χ1) is 9.72. The Kier molecular flexibility index (Phi) is 4.29. The van der Waals surface area contributed by atoms with Crippen LogP contribution in [-0.4, -0.2) is 6.04 Å². The third-order valence-electron chi connectivity index (χ3n) is 3.26. The van der Waals surface area contributed by atoms with Crippen molar-refractivity contribution < 1.29 is 4.39 Å². The number of rotatable bonds is 5. The zero-order chi connectivity index (χ0) is 13.9. The van der Waals surface area contributed by atoms with E-state index >= 15 is 0 Å². The molecule has 0 heterocycles. The molecule has 2 aromatic rings. The second-order valence-electron chi connectivity index (χ2n) is 4.93. The molecule has 0 spiro atoms. The summed E-state index contributed by atoms with van der Waals surface area (Å²) in [5.74, 6) is -0.212. The van der Waals surface area contributed by atoms with Gasteiger partial charge in [0.2, 0.25) is 0 Å². The van der Waals surface area contributed by atoms with E-state index in [-0.39, 0.29) is 5.82 Å². The van der Waals surface area contributed by atoms with Gasteiger partial charge in [0.15, 0.2) is 0 Å². The lowest BCUT2D eigenvalue weighted by atomic mass is 10.2. The molecule has 1 aliphatic carbocycles. The molecule has 0 aromatic heterocycles. The van der Waals surface area contributed by atoms with Gasteiger partial charge in [0.1, 0.15) is 5.82 Å². The van der Waals surface area contributed by atoms with E-state index in [4.69, 9.17) is 11.6 Å². The molecule has 0 saturated heterocycles. The Morgan fingerprint density at radius 1 is 1.15 bits per heavy atom. The van der Waals surface area contributed by atoms with Crippen molar-refractivity contribution in [2.45, 2.75) is 35.2 Å². The van der Waals surface area contributed by atoms with Gasteiger partial charge in [0, 0.05) is 27.4 Å². The van der Waals surface area contributed by atoms with Crippen molar-refractivity contribution in [1.29, 1.82) is 0 Å². The van der Waals surface area contributed by atoms with Crippen LogP contribution in [0.25, 0.3) is 0 Å². The predicted molar refractivity (Wildman–Crippen MR) is 81.8 cm³/mol. The molecule has 1 fully saturated rings. The van der Waals surface area contributed by atoms with E-state index in [0.717, 1.165) is 26.9 Å². The third-order valence-corrected chi connectivity index (χ3v) is 4.73. The predicted octanol–water partition coefficient (Wildman–Crippen LogP) is 4.88. The average Bonchev–Trinajstić information content (AvgIpc) is 3.25. The molecule has 4 heteroatoms. The van der Waals surface area contributed by atoms with Crippen molar-refractivity contribution in [2.24, 2.45) is 0 Å². The molecule has 104 valence electrons. The maximum atomic E-state index is 12.9. The molecule has 1 aliphatic rings. The van der Waals surface area contributed by atoms with Gasteiger partial charge >= 0.3 is 0 Å². The summed E-state index contributed by atoms with van der Waals surface area (Å²) < 4.78 is 12.9. The average molecular weight is 308 g/mol. The molecule has 1 N–H and O–H groups in total. The highest BCUT2D eigenvalue weighted by Crippen LogP contribution is 2.34. The second kappa shape index (κ2) is 6.17. The quantitative estimate of drug-likeness (QED) is 0.844. The highest BCUT2D eigenvalue weighted by molar-refractivity contribution is 7.99. The van der Waals surface area contributed by atoms with Crippen molar-refractivity contribution in [3.8, 4) is 0 Å². The van der Waals surface area contributed by atoms with Crippen LogP contribution in [0, 0.1) is 5.82 Å². The second-order valence-corrected chi connectivity index (χ2v) is 6.45. The Balaban J connectivity index is 1.80. The molecule has 20 heavy (non-hydrogen) atoms. The van der Waals surface area contributed by atoms with E-state index in [9.17, 15) is 4.39 Å². The molecule has 3 rings (SSSR count). The Bertz CT molecular complexity index is 596. The van der Waals surface area contributed by atoms with Crippen molar-refractivity contribution in [3.63, 3.8) is 0 Å². The van der Waals surface area contributed by atoms with E-state index in [1.54, 1.807) is 23.9 Å². The van der Waals surface area contributed by atoms with Crippen LogP contribution in [0.5, 0.6) is 0 Å². The minimum absolute atomic E-state index is 0.212. The largest absolute Gasteiger partial charge is 0.310 e. The Morgan fingerprint density at radius 3 is 2.60 bits per heavy atom. The van der Waals surface area contributed by atoms with E-state index in [1.807, 2.05) is 12.1 Å². The molecule has 1 saturated carbocycles. The Morgan fingerprint density at radius 2 is 1.90 bits per heavy atom. The third kappa shape index (κ3) is 3.54. The van der Waals surface area contributed by atoms with E-state index in [1.165, 1.54) is 25.0 Å². The summed E-state index contributed by atoms with van der Waals surface area (Å²) in [7, 11) is 0. The van der Waals surface area contributed by atoms with Crippen LogP contribution < -0.4 is 5.32 Å². The fraction of sp³-hybridized carbons (Fsp3) is 0.250. The maximum absolute atomic E-state index is 12.9. The minimum atomic E-state index is -0.212. The van der Waals surface area contributed by atoms with Crippen LogP contribution in [0.2, 0.25) is 5.02 Å². The Labute approximate surface area is 127 Å². The van der Waals surface area contributed by atoms with Gasteiger partial charge in [-0.15, -0.1) is 0 Å². The number of hydrogen-bond donors (Lipinski definition) is 1. The van der Waals surface area contributed by atoms with Crippen LogP contribution in [-0.2, 0) is 6.54 Å². The number of benzene rings is 2. The van der Waals surface area contributed by atoms with Gasteiger partial charge < -0.3 is 5.32 Å². The minimum Gasteiger partial charge on any atom is -0.310 e. The zero-order valence-electron chi connectivity index (χ0n) is 10.9. The SMILES string of the molecule is Fc1ccc(Sc2cccc(Cl)c2CNC2CC2)cc1. The van der Waals surface area contributed by atoms with Crippen molar-refractivity contribution in [3.05, 3.63) is 58.9 Å². The molecule has 0 bridgehead atoms. The van der Waals surface area contributed by atoms with Crippen molar-refractivity contribution in [2.75, 3.05) is 0 Å².